The highest BCUT2D eigenvalue weighted by atomic mass is 32.1. The van der Waals surface area contributed by atoms with Gasteiger partial charge in [-0.2, -0.15) is 13.2 Å². The largest absolute Gasteiger partial charge is 0.423 e. The van der Waals surface area contributed by atoms with E-state index in [4.69, 9.17) is 12.2 Å². The van der Waals surface area contributed by atoms with E-state index in [0.717, 1.165) is 81.8 Å². The number of rotatable bonds is 9. The number of hydrogen-bond donors (Lipinski definition) is 0. The van der Waals surface area contributed by atoms with Gasteiger partial charge in [0.25, 0.3) is 5.69 Å². The molecule has 0 saturated carbocycles. The fourth-order valence-electron chi connectivity index (χ4n) is 5.41. The molecule has 2 fully saturated rings. The molecule has 2 heterocycles. The van der Waals surface area contributed by atoms with Crippen molar-refractivity contribution in [2.45, 2.75) is 52.6 Å². The molecule has 2 aliphatic rings. The lowest BCUT2D eigenvalue weighted by Gasteiger charge is -2.36. The Morgan fingerprint density at radius 2 is 1.56 bits per heavy atom. The molecular formula is C29H39F3N4O2S. The molecular weight excluding hydrogens is 525 g/mol. The van der Waals surface area contributed by atoms with E-state index in [2.05, 4.69) is 41.0 Å². The van der Waals surface area contributed by atoms with Crippen molar-refractivity contribution in [1.29, 1.82) is 0 Å². The second kappa shape index (κ2) is 13.6. The molecule has 0 aromatic heterocycles. The summed E-state index contributed by atoms with van der Waals surface area (Å²) in [5.74, 6) is 0.428. The molecule has 39 heavy (non-hydrogen) atoms. The van der Waals surface area contributed by atoms with Gasteiger partial charge in [0.1, 0.15) is 5.56 Å². The third-order valence-electron chi connectivity index (χ3n) is 7.68. The predicted octanol–water partition coefficient (Wildman–Crippen LogP) is 7.14. The number of thiocarbonyl (C=S) groups is 1. The molecule has 0 aliphatic carbocycles. The molecule has 0 radical (unpaired) electrons. The van der Waals surface area contributed by atoms with Crippen LogP contribution in [0.3, 0.4) is 0 Å². The van der Waals surface area contributed by atoms with Crippen LogP contribution in [0.4, 0.5) is 30.2 Å². The Morgan fingerprint density at radius 1 is 0.974 bits per heavy atom. The summed E-state index contributed by atoms with van der Waals surface area (Å²) in [7, 11) is 0. The molecule has 10 heteroatoms. The lowest BCUT2D eigenvalue weighted by Crippen LogP contribution is -2.46. The molecule has 2 saturated heterocycles. The molecule has 2 aliphatic heterocycles. The van der Waals surface area contributed by atoms with E-state index in [9.17, 15) is 23.3 Å². The Labute approximate surface area is 234 Å². The fraction of sp³-hybridized carbons (Fsp3) is 0.552. The molecule has 0 spiro atoms. The highest BCUT2D eigenvalue weighted by Gasteiger charge is 2.39. The minimum Gasteiger partial charge on any atom is -0.371 e. The second-order valence-electron chi connectivity index (χ2n) is 10.4. The third-order valence-corrected chi connectivity index (χ3v) is 8.05. The summed E-state index contributed by atoms with van der Waals surface area (Å²) in [6, 6.07) is 12.0. The topological polar surface area (TPSA) is 52.9 Å². The molecule has 0 N–H and O–H groups in total. The predicted molar refractivity (Wildman–Crippen MR) is 156 cm³/mol. The normalized spacial score (nSPS) is 17.1. The van der Waals surface area contributed by atoms with Crippen LogP contribution in [0.5, 0.6) is 0 Å². The first-order valence-electron chi connectivity index (χ1n) is 13.3. The number of hydrogen-bond acceptors (Lipinski definition) is 6. The SMILES string of the molecule is C.Cc1ccc(N2CCN(CCCC(=S)CC3CCN(c4ccc([N+](=O)[O-])c(C(F)(F)F)c4)CC3)CC2)cc1. The summed E-state index contributed by atoms with van der Waals surface area (Å²) in [5.41, 5.74) is 0.843. The zero-order valence-electron chi connectivity index (χ0n) is 21.8. The van der Waals surface area contributed by atoms with E-state index in [1.165, 1.54) is 17.3 Å². The van der Waals surface area contributed by atoms with Crippen LogP contribution in [-0.4, -0.2) is 60.5 Å². The van der Waals surface area contributed by atoms with Crippen LogP contribution < -0.4 is 9.80 Å². The minimum absolute atomic E-state index is 0. The molecule has 4 rings (SSSR count). The number of halogens is 3. The van der Waals surface area contributed by atoms with E-state index in [-0.39, 0.29) is 7.43 Å². The zero-order chi connectivity index (χ0) is 27.3. The van der Waals surface area contributed by atoms with Gasteiger partial charge in [-0.05, 0) is 80.6 Å². The summed E-state index contributed by atoms with van der Waals surface area (Å²) in [6.07, 6.45) is -0.231. The number of nitro benzene ring substituents is 1. The zero-order valence-corrected chi connectivity index (χ0v) is 22.6. The van der Waals surface area contributed by atoms with Gasteiger partial charge in [0.15, 0.2) is 0 Å². The van der Waals surface area contributed by atoms with Gasteiger partial charge in [0, 0.05) is 56.7 Å². The summed E-state index contributed by atoms with van der Waals surface area (Å²) < 4.78 is 40.0. The fourth-order valence-corrected chi connectivity index (χ4v) is 5.79. The van der Waals surface area contributed by atoms with E-state index in [1.54, 1.807) is 0 Å². The second-order valence-corrected chi connectivity index (χ2v) is 11.0. The Hall–Kier alpha value is -2.72. The number of nitrogens with zero attached hydrogens (tertiary/aromatic N) is 4. The van der Waals surface area contributed by atoms with Crippen LogP contribution in [0.25, 0.3) is 0 Å². The van der Waals surface area contributed by atoms with Gasteiger partial charge in [0.2, 0.25) is 0 Å². The number of piperidine rings is 1. The van der Waals surface area contributed by atoms with Crippen LogP contribution in [0, 0.1) is 23.0 Å². The van der Waals surface area contributed by atoms with Crippen LogP contribution in [-0.2, 0) is 6.18 Å². The van der Waals surface area contributed by atoms with Crippen LogP contribution >= 0.6 is 12.2 Å². The lowest BCUT2D eigenvalue weighted by atomic mass is 9.90. The molecule has 2 aromatic rings. The van der Waals surface area contributed by atoms with E-state index in [1.807, 2.05) is 4.90 Å². The van der Waals surface area contributed by atoms with Crippen molar-refractivity contribution in [2.24, 2.45) is 5.92 Å². The van der Waals surface area contributed by atoms with E-state index >= 15 is 0 Å². The van der Waals surface area contributed by atoms with Crippen molar-refractivity contribution < 1.29 is 18.1 Å². The van der Waals surface area contributed by atoms with Gasteiger partial charge in [0.05, 0.1) is 4.92 Å². The van der Waals surface area contributed by atoms with E-state index in [0.29, 0.717) is 24.7 Å². The lowest BCUT2D eigenvalue weighted by molar-refractivity contribution is -0.388. The molecule has 0 unspecified atom stereocenters. The van der Waals surface area contributed by atoms with Crippen LogP contribution in [0.2, 0.25) is 0 Å². The maximum atomic E-state index is 13.3. The Balaban J connectivity index is 0.00000420. The first kappa shape index (κ1) is 30.8. The average Bonchev–Trinajstić information content (AvgIpc) is 2.89. The van der Waals surface area contributed by atoms with Gasteiger partial charge in [-0.1, -0.05) is 37.3 Å². The monoisotopic (exact) mass is 564 g/mol. The smallest absolute Gasteiger partial charge is 0.371 e. The Morgan fingerprint density at radius 3 is 2.15 bits per heavy atom. The van der Waals surface area contributed by atoms with Crippen molar-refractivity contribution in [3.63, 3.8) is 0 Å². The van der Waals surface area contributed by atoms with Crippen molar-refractivity contribution >= 4 is 34.1 Å². The molecule has 214 valence electrons. The quantitative estimate of drug-likeness (QED) is 0.183. The van der Waals surface area contributed by atoms with Gasteiger partial charge < -0.3 is 9.80 Å². The summed E-state index contributed by atoms with van der Waals surface area (Å²) in [5, 5.41) is 11.0. The first-order valence-corrected chi connectivity index (χ1v) is 13.7. The molecule has 0 amide bonds. The van der Waals surface area contributed by atoms with Crippen molar-refractivity contribution in [2.75, 3.05) is 55.6 Å². The standard InChI is InChI=1S/C28H35F3N4O2S.CH4/c1-21-4-6-23(7-5-21)34-17-15-32(16-18-34)12-2-3-25(38)19-22-10-13-33(14-11-22)24-8-9-27(35(36)37)26(20-24)28(29,30)31;/h4-9,20,22H,2-3,10-19H2,1H3;1H4. The highest BCUT2D eigenvalue weighted by molar-refractivity contribution is 7.80. The van der Waals surface area contributed by atoms with Gasteiger partial charge in [-0.25, -0.2) is 0 Å². The van der Waals surface area contributed by atoms with Crippen molar-refractivity contribution in [3.8, 4) is 0 Å². The minimum atomic E-state index is -4.77. The Bertz CT molecular complexity index is 1110. The molecule has 2 aromatic carbocycles. The Kier molecular flexibility index (Phi) is 10.7. The third kappa shape index (κ3) is 8.38. The van der Waals surface area contributed by atoms with Gasteiger partial charge in [-0.15, -0.1) is 0 Å². The molecule has 0 bridgehead atoms. The number of aryl methyl sites for hydroxylation is 1. The average molecular weight is 565 g/mol. The molecule has 6 nitrogen and oxygen atoms in total. The van der Waals surface area contributed by atoms with Crippen molar-refractivity contribution in [3.05, 3.63) is 63.7 Å². The highest BCUT2D eigenvalue weighted by Crippen LogP contribution is 2.39. The first-order chi connectivity index (χ1) is 18.1. The van der Waals surface area contributed by atoms with Crippen molar-refractivity contribution in [1.82, 2.24) is 4.90 Å². The maximum absolute atomic E-state index is 13.3. The van der Waals surface area contributed by atoms with E-state index < -0.39 is 22.4 Å². The maximum Gasteiger partial charge on any atom is 0.423 e. The number of alkyl halides is 3. The number of benzene rings is 2. The van der Waals surface area contributed by atoms with Crippen LogP contribution in [0.15, 0.2) is 42.5 Å². The summed E-state index contributed by atoms with van der Waals surface area (Å²) >= 11 is 5.69. The number of piperazine rings is 1. The summed E-state index contributed by atoms with van der Waals surface area (Å²) in [4.78, 5) is 17.9. The van der Waals surface area contributed by atoms with Gasteiger partial charge in [-0.3, -0.25) is 15.0 Å². The van der Waals surface area contributed by atoms with Gasteiger partial charge >= 0.3 is 6.18 Å². The number of anilines is 2. The summed E-state index contributed by atoms with van der Waals surface area (Å²) in [6.45, 7) is 8.56. The van der Waals surface area contributed by atoms with Crippen LogP contribution in [0.1, 0.15) is 50.7 Å². The molecule has 0 atom stereocenters. The number of nitro groups is 1.